The van der Waals surface area contributed by atoms with E-state index >= 15 is 0 Å². The Morgan fingerprint density at radius 1 is 1.29 bits per heavy atom. The van der Waals surface area contributed by atoms with E-state index in [4.69, 9.17) is 16.9 Å². The summed E-state index contributed by atoms with van der Waals surface area (Å²) in [4.78, 5) is 7.95. The quantitative estimate of drug-likeness (QED) is 0.922. The highest BCUT2D eigenvalue weighted by atomic mass is 79.9. The molecule has 0 saturated heterocycles. The van der Waals surface area contributed by atoms with Gasteiger partial charge in [0.25, 0.3) is 0 Å². The van der Waals surface area contributed by atoms with Crippen LogP contribution in [0.4, 0.5) is 11.5 Å². The van der Waals surface area contributed by atoms with Crippen LogP contribution in [0.1, 0.15) is 5.69 Å². The lowest BCUT2D eigenvalue weighted by Gasteiger charge is -2.07. The highest BCUT2D eigenvalue weighted by molar-refractivity contribution is 9.10. The van der Waals surface area contributed by atoms with Crippen molar-refractivity contribution >= 4 is 39.0 Å². The van der Waals surface area contributed by atoms with Crippen molar-refractivity contribution < 1.29 is 0 Å². The van der Waals surface area contributed by atoms with Crippen LogP contribution in [0, 0.1) is 11.3 Å². The number of rotatable bonds is 2. The molecule has 0 aliphatic heterocycles. The first-order valence-corrected chi connectivity index (χ1v) is 5.80. The molecule has 84 valence electrons. The molecule has 1 heterocycles. The molecule has 0 amide bonds. The van der Waals surface area contributed by atoms with Crippen LogP contribution in [0.2, 0.25) is 5.02 Å². The van der Waals surface area contributed by atoms with Gasteiger partial charge in [-0.25, -0.2) is 9.97 Å². The third-order valence-electron chi connectivity index (χ3n) is 1.96. The van der Waals surface area contributed by atoms with Crippen LogP contribution in [0.5, 0.6) is 0 Å². The third-order valence-corrected chi connectivity index (χ3v) is 2.78. The Morgan fingerprint density at radius 2 is 2.12 bits per heavy atom. The van der Waals surface area contributed by atoms with Crippen molar-refractivity contribution in [3.05, 3.63) is 45.8 Å². The molecule has 0 atom stereocenters. The van der Waals surface area contributed by atoms with Crippen molar-refractivity contribution in [3.63, 3.8) is 0 Å². The van der Waals surface area contributed by atoms with E-state index in [1.54, 1.807) is 6.07 Å². The maximum atomic E-state index is 8.60. The van der Waals surface area contributed by atoms with Crippen LogP contribution < -0.4 is 5.32 Å². The summed E-state index contributed by atoms with van der Waals surface area (Å²) in [5.41, 5.74) is 0.996. The van der Waals surface area contributed by atoms with Crippen LogP contribution in [0.3, 0.4) is 0 Å². The van der Waals surface area contributed by atoms with Crippen LogP contribution >= 0.6 is 27.5 Å². The fourth-order valence-electron chi connectivity index (χ4n) is 1.18. The minimum Gasteiger partial charge on any atom is -0.338 e. The van der Waals surface area contributed by atoms with Crippen molar-refractivity contribution in [1.82, 2.24) is 9.97 Å². The van der Waals surface area contributed by atoms with Gasteiger partial charge in [-0.15, -0.1) is 0 Å². The molecule has 0 aliphatic carbocycles. The molecule has 0 spiro atoms. The Kier molecular flexibility index (Phi) is 3.57. The summed E-state index contributed by atoms with van der Waals surface area (Å²) in [6, 6.07) is 7.35. The summed E-state index contributed by atoms with van der Waals surface area (Å²) >= 11 is 9.38. The van der Waals surface area contributed by atoms with E-state index in [1.807, 2.05) is 18.2 Å². The minimum absolute atomic E-state index is 0.274. The molecule has 0 unspecified atom stereocenters. The Balaban J connectivity index is 2.25. The molecule has 2 rings (SSSR count). The summed E-state index contributed by atoms with van der Waals surface area (Å²) in [5.74, 6) is 0.531. The average molecular weight is 310 g/mol. The van der Waals surface area contributed by atoms with Crippen LogP contribution in [0.25, 0.3) is 0 Å². The van der Waals surface area contributed by atoms with Gasteiger partial charge < -0.3 is 5.32 Å². The lowest BCUT2D eigenvalue weighted by atomic mass is 10.3. The molecule has 0 aliphatic rings. The number of hydrogen-bond acceptors (Lipinski definition) is 4. The first-order chi connectivity index (χ1) is 8.19. The monoisotopic (exact) mass is 308 g/mol. The average Bonchev–Trinajstić information content (AvgIpc) is 2.35. The Labute approximate surface area is 111 Å². The largest absolute Gasteiger partial charge is 0.338 e. The molecule has 1 aromatic heterocycles. The number of nitrogens with zero attached hydrogens (tertiary/aromatic N) is 3. The highest BCUT2D eigenvalue weighted by Crippen LogP contribution is 2.27. The van der Waals surface area contributed by atoms with Crippen molar-refractivity contribution in [1.29, 1.82) is 5.26 Å². The second-order valence-electron chi connectivity index (χ2n) is 3.15. The van der Waals surface area contributed by atoms with E-state index < -0.39 is 0 Å². The number of halogens is 2. The zero-order valence-corrected chi connectivity index (χ0v) is 10.8. The number of anilines is 2. The third kappa shape index (κ3) is 2.93. The van der Waals surface area contributed by atoms with Crippen LogP contribution in [-0.2, 0) is 0 Å². The van der Waals surface area contributed by atoms with Gasteiger partial charge in [0.05, 0.1) is 23.1 Å². The molecule has 0 bridgehead atoms. The molecule has 0 fully saturated rings. The molecule has 1 aromatic carbocycles. The number of nitrogens with one attached hydrogen (secondary N) is 1. The molecule has 0 radical (unpaired) electrons. The predicted molar refractivity (Wildman–Crippen MR) is 69.2 cm³/mol. The van der Waals surface area contributed by atoms with E-state index in [9.17, 15) is 0 Å². The fourth-order valence-corrected chi connectivity index (χ4v) is 1.71. The van der Waals surface area contributed by atoms with Crippen molar-refractivity contribution in [2.45, 2.75) is 0 Å². The molecule has 2 aromatic rings. The van der Waals surface area contributed by atoms with Gasteiger partial charge in [-0.05, 0) is 18.2 Å². The van der Waals surface area contributed by atoms with E-state index in [1.165, 1.54) is 12.4 Å². The summed E-state index contributed by atoms with van der Waals surface area (Å²) in [6.07, 6.45) is 2.88. The van der Waals surface area contributed by atoms with E-state index in [0.717, 1.165) is 10.2 Å². The highest BCUT2D eigenvalue weighted by Gasteiger charge is 2.03. The lowest BCUT2D eigenvalue weighted by Crippen LogP contribution is -1.96. The first kappa shape index (κ1) is 11.8. The van der Waals surface area contributed by atoms with Crippen molar-refractivity contribution in [2.75, 3.05) is 5.32 Å². The van der Waals surface area contributed by atoms with Gasteiger partial charge in [-0.3, -0.25) is 0 Å². The van der Waals surface area contributed by atoms with E-state index in [0.29, 0.717) is 10.8 Å². The second-order valence-corrected chi connectivity index (χ2v) is 4.47. The van der Waals surface area contributed by atoms with Gasteiger partial charge in [0.15, 0.2) is 5.69 Å². The summed E-state index contributed by atoms with van der Waals surface area (Å²) < 4.78 is 0.908. The van der Waals surface area contributed by atoms with Gasteiger partial charge in [-0.1, -0.05) is 27.5 Å². The van der Waals surface area contributed by atoms with Crippen LogP contribution in [-0.4, -0.2) is 9.97 Å². The van der Waals surface area contributed by atoms with Crippen molar-refractivity contribution in [2.24, 2.45) is 0 Å². The maximum absolute atomic E-state index is 8.60. The standard InChI is InChI=1S/C11H6BrClN4/c12-7-1-2-9(13)10(3-7)17-11-6-15-8(4-14)5-16-11/h1-3,5-6H,(H,16,17). The number of aromatic nitrogens is 2. The smallest absolute Gasteiger partial charge is 0.158 e. The summed E-state index contributed by atoms with van der Waals surface area (Å²) in [5, 5.41) is 12.2. The normalized spacial score (nSPS) is 9.71. The van der Waals surface area contributed by atoms with Gasteiger partial charge in [0, 0.05) is 4.47 Å². The van der Waals surface area contributed by atoms with E-state index in [-0.39, 0.29) is 5.69 Å². The summed E-state index contributed by atoms with van der Waals surface area (Å²) in [6.45, 7) is 0. The number of benzene rings is 1. The molecule has 4 nitrogen and oxygen atoms in total. The van der Waals surface area contributed by atoms with Gasteiger partial charge in [0.2, 0.25) is 0 Å². The lowest BCUT2D eigenvalue weighted by molar-refractivity contribution is 1.16. The SMILES string of the molecule is N#Cc1cnc(Nc2cc(Br)ccc2Cl)cn1. The van der Waals surface area contributed by atoms with E-state index in [2.05, 4.69) is 31.2 Å². The van der Waals surface area contributed by atoms with Gasteiger partial charge >= 0.3 is 0 Å². The number of hydrogen-bond donors (Lipinski definition) is 1. The molecule has 6 heteroatoms. The summed E-state index contributed by atoms with van der Waals surface area (Å²) in [7, 11) is 0. The number of nitriles is 1. The molecule has 0 saturated carbocycles. The fraction of sp³-hybridized carbons (Fsp3) is 0. The first-order valence-electron chi connectivity index (χ1n) is 4.63. The van der Waals surface area contributed by atoms with Crippen molar-refractivity contribution in [3.8, 4) is 6.07 Å². The zero-order valence-electron chi connectivity index (χ0n) is 8.48. The molecule has 17 heavy (non-hydrogen) atoms. The topological polar surface area (TPSA) is 61.6 Å². The van der Waals surface area contributed by atoms with Gasteiger partial charge in [0.1, 0.15) is 11.9 Å². The zero-order chi connectivity index (χ0) is 12.3. The molecule has 1 N–H and O–H groups in total. The minimum atomic E-state index is 0.274. The molecular weight excluding hydrogens is 304 g/mol. The Bertz CT molecular complexity index is 577. The van der Waals surface area contributed by atoms with Gasteiger partial charge in [-0.2, -0.15) is 5.26 Å². The molecular formula is C11H6BrClN4. The Hall–Kier alpha value is -1.64. The maximum Gasteiger partial charge on any atom is 0.158 e. The van der Waals surface area contributed by atoms with Crippen LogP contribution in [0.15, 0.2) is 35.1 Å². The predicted octanol–water partition coefficient (Wildman–Crippen LogP) is 3.51. The Morgan fingerprint density at radius 3 is 2.76 bits per heavy atom. The second kappa shape index (κ2) is 5.13.